The molecule has 0 aliphatic rings. The largest absolute Gasteiger partial charge is 0.403 e. The standard InChI is InChI=1S/C8H14ClN2O3PS/c1-5-16-8-6(9)7(10-11(8)2)14-15(4,12)13-3/h5H2,1-4H3. The van der Waals surface area contributed by atoms with Crippen LogP contribution in [0.1, 0.15) is 6.92 Å². The molecule has 0 saturated carbocycles. The van der Waals surface area contributed by atoms with Gasteiger partial charge in [0.05, 0.1) is 0 Å². The van der Waals surface area contributed by atoms with Gasteiger partial charge in [-0.05, 0) is 5.75 Å². The quantitative estimate of drug-likeness (QED) is 0.614. The van der Waals surface area contributed by atoms with Crippen LogP contribution in [0.5, 0.6) is 5.88 Å². The number of aryl methyl sites for hydroxylation is 1. The van der Waals surface area contributed by atoms with E-state index in [1.165, 1.54) is 13.8 Å². The molecule has 0 amide bonds. The van der Waals surface area contributed by atoms with Crippen molar-refractivity contribution in [1.82, 2.24) is 9.78 Å². The number of rotatable bonds is 5. The summed E-state index contributed by atoms with van der Waals surface area (Å²) in [6.45, 7) is 3.37. The van der Waals surface area contributed by atoms with Crippen LogP contribution in [-0.2, 0) is 16.1 Å². The summed E-state index contributed by atoms with van der Waals surface area (Å²) in [5, 5.41) is 5.21. The molecule has 1 aromatic rings. The molecule has 0 radical (unpaired) electrons. The first kappa shape index (κ1) is 13.9. The van der Waals surface area contributed by atoms with Crippen molar-refractivity contribution >= 4 is 31.0 Å². The Hall–Kier alpha value is -0.160. The van der Waals surface area contributed by atoms with Gasteiger partial charge in [-0.1, -0.05) is 18.5 Å². The van der Waals surface area contributed by atoms with Crippen molar-refractivity contribution in [3.63, 3.8) is 0 Å². The molecule has 16 heavy (non-hydrogen) atoms. The molecule has 0 fully saturated rings. The zero-order chi connectivity index (χ0) is 12.3. The molecule has 0 spiro atoms. The number of hydrogen-bond acceptors (Lipinski definition) is 5. The summed E-state index contributed by atoms with van der Waals surface area (Å²) in [7, 11) is -0.0444. The van der Waals surface area contributed by atoms with Gasteiger partial charge in [-0.15, -0.1) is 16.9 Å². The fourth-order valence-corrected chi connectivity index (χ4v) is 2.65. The van der Waals surface area contributed by atoms with Crippen LogP contribution >= 0.6 is 31.0 Å². The van der Waals surface area contributed by atoms with Crippen molar-refractivity contribution < 1.29 is 13.6 Å². The van der Waals surface area contributed by atoms with E-state index in [0.29, 0.717) is 5.02 Å². The zero-order valence-corrected chi connectivity index (χ0v) is 12.0. The lowest BCUT2D eigenvalue weighted by molar-refractivity contribution is 0.323. The SMILES string of the molecule is CCSc1c(Cl)c(OP(C)(=O)OC)nn1C. The zero-order valence-electron chi connectivity index (χ0n) is 9.56. The molecule has 5 nitrogen and oxygen atoms in total. The molecule has 8 heteroatoms. The van der Waals surface area contributed by atoms with Crippen molar-refractivity contribution in [1.29, 1.82) is 0 Å². The molecule has 0 N–H and O–H groups in total. The predicted molar refractivity (Wildman–Crippen MR) is 65.8 cm³/mol. The average Bonchev–Trinajstić information content (AvgIpc) is 2.46. The van der Waals surface area contributed by atoms with Crippen LogP contribution in [0.4, 0.5) is 0 Å². The van der Waals surface area contributed by atoms with Crippen molar-refractivity contribution in [3.8, 4) is 5.88 Å². The molecule has 0 bridgehead atoms. The van der Waals surface area contributed by atoms with Crippen LogP contribution in [0.3, 0.4) is 0 Å². The van der Waals surface area contributed by atoms with Crippen LogP contribution in [0.2, 0.25) is 5.02 Å². The van der Waals surface area contributed by atoms with E-state index in [1.54, 1.807) is 23.5 Å². The second kappa shape index (κ2) is 5.45. The Morgan fingerprint density at radius 1 is 1.62 bits per heavy atom. The predicted octanol–water partition coefficient (Wildman–Crippen LogP) is 3.03. The van der Waals surface area contributed by atoms with Crippen molar-refractivity contribution in [2.45, 2.75) is 11.9 Å². The van der Waals surface area contributed by atoms with Gasteiger partial charge in [0, 0.05) is 20.8 Å². The summed E-state index contributed by atoms with van der Waals surface area (Å²) in [6, 6.07) is 0. The highest BCUT2D eigenvalue weighted by Crippen LogP contribution is 2.46. The fourth-order valence-electron chi connectivity index (χ4n) is 1.01. The maximum absolute atomic E-state index is 11.6. The van der Waals surface area contributed by atoms with Crippen molar-refractivity contribution in [3.05, 3.63) is 5.02 Å². The van der Waals surface area contributed by atoms with E-state index in [1.807, 2.05) is 6.92 Å². The van der Waals surface area contributed by atoms with Crippen molar-refractivity contribution in [2.24, 2.45) is 7.05 Å². The summed E-state index contributed by atoms with van der Waals surface area (Å²) >= 11 is 7.61. The van der Waals surface area contributed by atoms with Gasteiger partial charge in [0.25, 0.3) is 5.88 Å². The third kappa shape index (κ3) is 3.17. The molecule has 1 heterocycles. The van der Waals surface area contributed by atoms with Crippen molar-refractivity contribution in [2.75, 3.05) is 19.5 Å². The molecular formula is C8H14ClN2O3PS. The lowest BCUT2D eigenvalue weighted by Crippen LogP contribution is -1.95. The lowest BCUT2D eigenvalue weighted by atomic mass is 10.7. The second-order valence-electron chi connectivity index (χ2n) is 3.03. The normalized spacial score (nSPS) is 14.8. The minimum atomic E-state index is -3.12. The van der Waals surface area contributed by atoms with Gasteiger partial charge in [-0.2, -0.15) is 0 Å². The number of halogens is 1. The van der Waals surface area contributed by atoms with Crippen LogP contribution < -0.4 is 4.52 Å². The summed E-state index contributed by atoms with van der Waals surface area (Å²) in [4.78, 5) is 0. The molecule has 0 aliphatic carbocycles. The molecule has 0 aliphatic heterocycles. The Labute approximate surface area is 104 Å². The topological polar surface area (TPSA) is 53.4 Å². The number of hydrogen-bond donors (Lipinski definition) is 0. The Balaban J connectivity index is 2.99. The maximum Gasteiger partial charge on any atom is 0.377 e. The van der Waals surface area contributed by atoms with E-state index in [9.17, 15) is 4.57 Å². The Bertz CT molecular complexity index is 424. The molecule has 0 saturated heterocycles. The Kier molecular flexibility index (Phi) is 4.73. The van der Waals surface area contributed by atoms with Gasteiger partial charge in [-0.25, -0.2) is 4.57 Å². The monoisotopic (exact) mass is 284 g/mol. The number of thioether (sulfide) groups is 1. The number of aromatic nitrogens is 2. The summed E-state index contributed by atoms with van der Waals surface area (Å²) in [5.74, 6) is 1.01. The first-order chi connectivity index (χ1) is 7.41. The molecule has 1 rings (SSSR count). The lowest BCUT2D eigenvalue weighted by Gasteiger charge is -2.09. The molecule has 0 aromatic carbocycles. The van der Waals surface area contributed by atoms with E-state index in [0.717, 1.165) is 10.8 Å². The van der Waals surface area contributed by atoms with E-state index >= 15 is 0 Å². The van der Waals surface area contributed by atoms with Gasteiger partial charge < -0.3 is 9.05 Å². The molecular weight excluding hydrogens is 271 g/mol. The van der Waals surface area contributed by atoms with Crippen LogP contribution in [-0.4, -0.2) is 29.3 Å². The smallest absolute Gasteiger partial charge is 0.377 e. The first-order valence-electron chi connectivity index (χ1n) is 4.59. The van der Waals surface area contributed by atoms with Crippen LogP contribution in [0.25, 0.3) is 0 Å². The highest BCUT2D eigenvalue weighted by Gasteiger charge is 2.23. The third-order valence-corrected chi connectivity index (χ3v) is 4.43. The van der Waals surface area contributed by atoms with Crippen LogP contribution in [0, 0.1) is 0 Å². The third-order valence-electron chi connectivity index (χ3n) is 1.78. The van der Waals surface area contributed by atoms with E-state index in [-0.39, 0.29) is 5.88 Å². The summed E-state index contributed by atoms with van der Waals surface area (Å²) in [6.07, 6.45) is 0. The molecule has 1 atom stereocenters. The first-order valence-corrected chi connectivity index (χ1v) is 7.94. The summed E-state index contributed by atoms with van der Waals surface area (Å²) < 4.78 is 23.1. The molecule has 1 aromatic heterocycles. The Morgan fingerprint density at radius 2 is 2.25 bits per heavy atom. The fraction of sp³-hybridized carbons (Fsp3) is 0.625. The minimum absolute atomic E-state index is 0.146. The highest BCUT2D eigenvalue weighted by atomic mass is 35.5. The minimum Gasteiger partial charge on any atom is -0.403 e. The van der Waals surface area contributed by atoms with Gasteiger partial charge in [0.1, 0.15) is 10.0 Å². The van der Waals surface area contributed by atoms with Crippen LogP contribution in [0.15, 0.2) is 5.03 Å². The van der Waals surface area contributed by atoms with E-state index < -0.39 is 7.60 Å². The van der Waals surface area contributed by atoms with E-state index in [4.69, 9.17) is 20.6 Å². The Morgan fingerprint density at radius 3 is 2.75 bits per heavy atom. The molecule has 92 valence electrons. The molecule has 1 unspecified atom stereocenters. The number of nitrogens with zero attached hydrogens (tertiary/aromatic N) is 2. The second-order valence-corrected chi connectivity index (χ2v) is 6.75. The summed E-state index contributed by atoms with van der Waals surface area (Å²) in [5.41, 5.74) is 0. The highest BCUT2D eigenvalue weighted by molar-refractivity contribution is 7.99. The average molecular weight is 285 g/mol. The van der Waals surface area contributed by atoms with Gasteiger partial charge in [-0.3, -0.25) is 4.68 Å². The van der Waals surface area contributed by atoms with Gasteiger partial charge in [0.2, 0.25) is 0 Å². The maximum atomic E-state index is 11.6. The van der Waals surface area contributed by atoms with Gasteiger partial charge in [0.15, 0.2) is 0 Å². The van der Waals surface area contributed by atoms with E-state index in [2.05, 4.69) is 5.10 Å². The van der Waals surface area contributed by atoms with Gasteiger partial charge >= 0.3 is 7.60 Å².